The largest absolute Gasteiger partial charge is 0.315 e. The van der Waals surface area contributed by atoms with E-state index in [1.165, 1.54) is 6.42 Å². The number of nitro benzene ring substituents is 1. The van der Waals surface area contributed by atoms with Crippen LogP contribution in [-0.2, 0) is 6.54 Å². The second kappa shape index (κ2) is 19.4. The first-order valence-electron chi connectivity index (χ1n) is 14.6. The van der Waals surface area contributed by atoms with Gasteiger partial charge in [-0.25, -0.2) is 0 Å². The van der Waals surface area contributed by atoms with Crippen LogP contribution in [0.15, 0.2) is 24.3 Å². The molecule has 0 amide bonds. The molecule has 1 aromatic rings. The highest BCUT2D eigenvalue weighted by atomic mass is 16.6. The van der Waals surface area contributed by atoms with Gasteiger partial charge < -0.3 is 37.2 Å². The van der Waals surface area contributed by atoms with E-state index in [0.717, 1.165) is 123 Å². The maximum Gasteiger partial charge on any atom is 0.269 e. The van der Waals surface area contributed by atoms with E-state index in [1.807, 2.05) is 12.1 Å². The van der Waals surface area contributed by atoms with Gasteiger partial charge in [-0.2, -0.15) is 0 Å². The normalized spacial score (nSPS) is 24.2. The van der Waals surface area contributed by atoms with Crippen molar-refractivity contribution in [3.05, 3.63) is 39.9 Å². The Balaban J connectivity index is 1.54. The van der Waals surface area contributed by atoms with Crippen LogP contribution in [0.2, 0.25) is 0 Å². The molecule has 216 valence electrons. The quantitative estimate of drug-likeness (QED) is 0.202. The maximum absolute atomic E-state index is 11.0. The van der Waals surface area contributed by atoms with E-state index >= 15 is 0 Å². The van der Waals surface area contributed by atoms with Crippen LogP contribution >= 0.6 is 0 Å². The lowest BCUT2D eigenvalue weighted by Gasteiger charge is -2.30. The molecule has 1 unspecified atom stereocenters. The average Bonchev–Trinajstić information content (AvgIpc) is 2.92. The summed E-state index contributed by atoms with van der Waals surface area (Å²) in [6, 6.07) is 6.99. The van der Waals surface area contributed by atoms with Crippen molar-refractivity contribution in [3.63, 3.8) is 0 Å². The molecule has 2 fully saturated rings. The first-order valence-corrected chi connectivity index (χ1v) is 14.6. The Morgan fingerprint density at radius 3 is 1.63 bits per heavy atom. The van der Waals surface area contributed by atoms with Crippen molar-refractivity contribution < 1.29 is 4.92 Å². The Morgan fingerprint density at radius 1 is 0.632 bits per heavy atom. The summed E-state index contributed by atoms with van der Waals surface area (Å²) in [6.07, 6.45) is 2.25. The Kier molecular flexibility index (Phi) is 15.7. The highest BCUT2D eigenvalue weighted by Gasteiger charge is 2.21. The molecule has 11 nitrogen and oxygen atoms in total. The summed E-state index contributed by atoms with van der Waals surface area (Å²) in [6.45, 7) is 16.8. The summed E-state index contributed by atoms with van der Waals surface area (Å²) in [5, 5.41) is 36.5. The molecule has 1 atom stereocenters. The van der Waals surface area contributed by atoms with Crippen LogP contribution in [0.4, 0.5) is 5.69 Å². The standard InChI is InChI=1S/C27H51N9O2/c37-36(38)27-5-3-24(4-6-27)23-35-17-2-9-30-12-15-33-21-26(22-34-16-18-35)25-19-31-13-10-28-7-1-8-29-11-14-32-20-25/h3-6,25-26,28-34H,1-2,7-23H2. The van der Waals surface area contributed by atoms with E-state index in [0.29, 0.717) is 11.8 Å². The molecule has 0 bridgehead atoms. The van der Waals surface area contributed by atoms with Crippen molar-refractivity contribution in [1.82, 2.24) is 42.1 Å². The van der Waals surface area contributed by atoms with Crippen LogP contribution < -0.4 is 37.2 Å². The molecule has 0 aromatic heterocycles. The van der Waals surface area contributed by atoms with Crippen molar-refractivity contribution in [3.8, 4) is 0 Å². The fraction of sp³-hybridized carbons (Fsp3) is 0.778. The molecule has 2 heterocycles. The molecule has 11 heteroatoms. The van der Waals surface area contributed by atoms with Crippen LogP contribution in [0.25, 0.3) is 0 Å². The Labute approximate surface area is 228 Å². The molecule has 3 rings (SSSR count). The molecular weight excluding hydrogens is 482 g/mol. The van der Waals surface area contributed by atoms with Gasteiger partial charge >= 0.3 is 0 Å². The lowest BCUT2D eigenvalue weighted by atomic mass is 9.91. The number of nitrogens with zero attached hydrogens (tertiary/aromatic N) is 2. The number of nitrogens with one attached hydrogen (secondary N) is 7. The monoisotopic (exact) mass is 533 g/mol. The summed E-state index contributed by atoms with van der Waals surface area (Å²) < 4.78 is 0. The zero-order chi connectivity index (χ0) is 26.7. The van der Waals surface area contributed by atoms with Gasteiger partial charge in [-0.1, -0.05) is 12.1 Å². The van der Waals surface area contributed by atoms with Crippen LogP contribution in [0.5, 0.6) is 0 Å². The molecule has 2 aliphatic heterocycles. The summed E-state index contributed by atoms with van der Waals surface area (Å²) in [7, 11) is 0. The molecular formula is C27H51N9O2. The predicted octanol–water partition coefficient (Wildman–Crippen LogP) is -0.436. The van der Waals surface area contributed by atoms with Gasteiger partial charge in [0.1, 0.15) is 0 Å². The molecule has 1 aromatic carbocycles. The first kappa shape index (κ1) is 30.8. The van der Waals surface area contributed by atoms with Gasteiger partial charge in [-0.15, -0.1) is 0 Å². The summed E-state index contributed by atoms with van der Waals surface area (Å²) in [5.41, 5.74) is 1.27. The Bertz CT molecular complexity index is 739. The van der Waals surface area contributed by atoms with Crippen molar-refractivity contribution in [2.45, 2.75) is 19.4 Å². The molecule has 0 spiro atoms. The zero-order valence-corrected chi connectivity index (χ0v) is 23.1. The first-order chi connectivity index (χ1) is 18.7. The lowest BCUT2D eigenvalue weighted by Crippen LogP contribution is -2.47. The van der Waals surface area contributed by atoms with Gasteiger partial charge in [-0.3, -0.25) is 15.0 Å². The minimum absolute atomic E-state index is 0.148. The Hall–Kier alpha value is -1.70. The smallest absolute Gasteiger partial charge is 0.269 e. The summed E-state index contributed by atoms with van der Waals surface area (Å²) >= 11 is 0. The predicted molar refractivity (Wildman–Crippen MR) is 155 cm³/mol. The molecule has 0 aliphatic carbocycles. The van der Waals surface area contributed by atoms with Gasteiger partial charge in [0, 0.05) is 71.0 Å². The van der Waals surface area contributed by atoms with E-state index < -0.39 is 0 Å². The molecule has 0 saturated carbocycles. The highest BCUT2D eigenvalue weighted by molar-refractivity contribution is 5.32. The zero-order valence-electron chi connectivity index (χ0n) is 23.1. The van der Waals surface area contributed by atoms with Crippen LogP contribution in [0.3, 0.4) is 0 Å². The number of benzene rings is 1. The molecule has 0 radical (unpaired) electrons. The lowest BCUT2D eigenvalue weighted by molar-refractivity contribution is -0.384. The van der Waals surface area contributed by atoms with E-state index in [-0.39, 0.29) is 10.6 Å². The van der Waals surface area contributed by atoms with Crippen LogP contribution in [-0.4, -0.2) is 115 Å². The van der Waals surface area contributed by atoms with E-state index in [2.05, 4.69) is 42.1 Å². The van der Waals surface area contributed by atoms with E-state index in [9.17, 15) is 10.1 Å². The van der Waals surface area contributed by atoms with Gasteiger partial charge in [-0.05, 0) is 82.6 Å². The van der Waals surface area contributed by atoms with Gasteiger partial charge in [0.05, 0.1) is 4.92 Å². The molecule has 2 aliphatic rings. The van der Waals surface area contributed by atoms with Crippen molar-refractivity contribution >= 4 is 5.69 Å². The van der Waals surface area contributed by atoms with Crippen molar-refractivity contribution in [2.24, 2.45) is 11.8 Å². The summed E-state index contributed by atoms with van der Waals surface area (Å²) in [4.78, 5) is 13.1. The van der Waals surface area contributed by atoms with Gasteiger partial charge in [0.15, 0.2) is 0 Å². The minimum atomic E-state index is -0.337. The molecule has 38 heavy (non-hydrogen) atoms. The number of hydrogen-bond acceptors (Lipinski definition) is 10. The minimum Gasteiger partial charge on any atom is -0.315 e. The summed E-state index contributed by atoms with van der Waals surface area (Å²) in [5.74, 6) is 1.06. The molecule has 7 N–H and O–H groups in total. The third-order valence-electron chi connectivity index (χ3n) is 7.42. The van der Waals surface area contributed by atoms with Gasteiger partial charge in [0.25, 0.3) is 5.69 Å². The topological polar surface area (TPSA) is 131 Å². The fourth-order valence-electron chi connectivity index (χ4n) is 5.12. The SMILES string of the molecule is O=[N+]([O-])c1ccc(CN2CCCNCCNCC(C3CNCCNCCCNCCNC3)CNCC2)cc1. The van der Waals surface area contributed by atoms with E-state index in [4.69, 9.17) is 0 Å². The third kappa shape index (κ3) is 12.9. The Morgan fingerprint density at radius 2 is 1.11 bits per heavy atom. The van der Waals surface area contributed by atoms with Crippen LogP contribution in [0, 0.1) is 22.0 Å². The maximum atomic E-state index is 11.0. The number of non-ortho nitro benzene ring substituents is 1. The number of hydrogen-bond donors (Lipinski definition) is 7. The highest BCUT2D eigenvalue weighted by Crippen LogP contribution is 2.14. The van der Waals surface area contributed by atoms with Crippen molar-refractivity contribution in [2.75, 3.05) is 105 Å². The molecule has 2 saturated heterocycles. The number of rotatable bonds is 4. The fourth-order valence-corrected chi connectivity index (χ4v) is 5.12. The van der Waals surface area contributed by atoms with Crippen molar-refractivity contribution in [1.29, 1.82) is 0 Å². The third-order valence-corrected chi connectivity index (χ3v) is 7.42. The second-order valence-electron chi connectivity index (χ2n) is 10.5. The average molecular weight is 534 g/mol. The van der Waals surface area contributed by atoms with Gasteiger partial charge in [0.2, 0.25) is 0 Å². The van der Waals surface area contributed by atoms with E-state index in [1.54, 1.807) is 12.1 Å². The van der Waals surface area contributed by atoms with Crippen LogP contribution in [0.1, 0.15) is 18.4 Å². The second-order valence-corrected chi connectivity index (χ2v) is 10.5. The number of nitro groups is 1.